The molecule has 1 N–H and O–H groups in total. The summed E-state index contributed by atoms with van der Waals surface area (Å²) in [5, 5.41) is 3.41. The summed E-state index contributed by atoms with van der Waals surface area (Å²) in [6, 6.07) is 6.28. The third-order valence-corrected chi connectivity index (χ3v) is 6.55. The molecule has 0 atom stereocenters. The number of hydrogen-bond acceptors (Lipinski definition) is 3. The van der Waals surface area contributed by atoms with Crippen molar-refractivity contribution in [3.05, 3.63) is 56.8 Å². The fourth-order valence-electron chi connectivity index (χ4n) is 4.46. The zero-order chi connectivity index (χ0) is 22.3. The van der Waals surface area contributed by atoms with Gasteiger partial charge in [-0.15, -0.1) is 0 Å². The molecule has 0 bridgehead atoms. The Morgan fingerprint density at radius 3 is 2.45 bits per heavy atom. The molecule has 2 heterocycles. The lowest BCUT2D eigenvalue weighted by Crippen LogP contribution is -2.58. The number of urea groups is 1. The van der Waals surface area contributed by atoms with Gasteiger partial charge in [0.05, 0.1) is 10.7 Å². The van der Waals surface area contributed by atoms with Crippen molar-refractivity contribution in [1.82, 2.24) is 14.8 Å². The molecular weight excluding hydrogens is 437 g/mol. The van der Waals surface area contributed by atoms with Gasteiger partial charge < -0.3 is 4.57 Å². The number of benzene rings is 1. The van der Waals surface area contributed by atoms with Gasteiger partial charge in [0.2, 0.25) is 0 Å². The maximum Gasteiger partial charge on any atom is 0.331 e. The average Bonchev–Trinajstić information content (AvgIpc) is 3.00. The average molecular weight is 460 g/mol. The van der Waals surface area contributed by atoms with E-state index in [2.05, 4.69) is 5.32 Å². The molecule has 0 radical (unpaired) electrons. The Balaban J connectivity index is 1.74. The van der Waals surface area contributed by atoms with Crippen LogP contribution in [0.4, 0.5) is 4.79 Å². The van der Waals surface area contributed by atoms with Crippen LogP contribution in [0, 0.1) is 13.8 Å². The number of amides is 4. The number of aryl methyl sites for hydroxylation is 1. The normalized spacial score (nSPS) is 19.3. The van der Waals surface area contributed by atoms with E-state index >= 15 is 0 Å². The van der Waals surface area contributed by atoms with Crippen LogP contribution >= 0.6 is 23.2 Å². The van der Waals surface area contributed by atoms with Gasteiger partial charge >= 0.3 is 6.03 Å². The summed E-state index contributed by atoms with van der Waals surface area (Å²) >= 11 is 12.5. The van der Waals surface area contributed by atoms with Crippen LogP contribution < -0.4 is 5.32 Å². The maximum absolute atomic E-state index is 13.2. The molecule has 0 spiro atoms. The third kappa shape index (κ3) is 4.02. The van der Waals surface area contributed by atoms with Gasteiger partial charge in [0.15, 0.2) is 0 Å². The molecule has 6 nitrogen and oxygen atoms in total. The molecule has 0 unspecified atom stereocenters. The van der Waals surface area contributed by atoms with Crippen molar-refractivity contribution < 1.29 is 14.4 Å². The van der Waals surface area contributed by atoms with Crippen LogP contribution in [0.1, 0.15) is 49.1 Å². The van der Waals surface area contributed by atoms with E-state index in [1.165, 1.54) is 4.90 Å². The first kappa shape index (κ1) is 21.7. The minimum Gasteiger partial charge on any atom is -0.316 e. The van der Waals surface area contributed by atoms with Crippen molar-refractivity contribution in [3.63, 3.8) is 0 Å². The quantitative estimate of drug-likeness (QED) is 0.506. The predicted octanol–water partition coefficient (Wildman–Crippen LogP) is 5.20. The second kappa shape index (κ2) is 8.52. The Hall–Kier alpha value is -2.57. The summed E-state index contributed by atoms with van der Waals surface area (Å²) in [5.74, 6) is -1.21. The van der Waals surface area contributed by atoms with E-state index in [0.717, 1.165) is 43.5 Å². The van der Waals surface area contributed by atoms with Gasteiger partial charge in [0.25, 0.3) is 11.8 Å². The summed E-state index contributed by atoms with van der Waals surface area (Å²) in [4.78, 5) is 39.3. The lowest BCUT2D eigenvalue weighted by molar-refractivity contribution is -0.132. The fraction of sp³-hybridized carbons (Fsp3) is 0.348. The Labute approximate surface area is 190 Å². The van der Waals surface area contributed by atoms with Gasteiger partial charge in [-0.25, -0.2) is 4.79 Å². The van der Waals surface area contributed by atoms with Crippen molar-refractivity contribution in [2.75, 3.05) is 0 Å². The second-order valence-corrected chi connectivity index (χ2v) is 8.89. The van der Waals surface area contributed by atoms with Crippen molar-refractivity contribution in [1.29, 1.82) is 0 Å². The Bertz CT molecular complexity index is 1110. The van der Waals surface area contributed by atoms with Crippen molar-refractivity contribution in [3.8, 4) is 5.69 Å². The molecule has 4 amide bonds. The standard InChI is InChI=1S/C23H23Cl2N3O3/c1-13-10-15(14(2)27(13)20-12-16(24)8-9-19(20)25)11-18-21(29)26-23(31)28(22(18)30)17-6-4-3-5-7-17/h8-12,17H,3-7H2,1-2H3,(H,26,29,31). The summed E-state index contributed by atoms with van der Waals surface area (Å²) in [6.45, 7) is 3.79. The largest absolute Gasteiger partial charge is 0.331 e. The zero-order valence-electron chi connectivity index (χ0n) is 17.4. The first-order chi connectivity index (χ1) is 14.8. The number of halogens is 2. The Kier molecular flexibility index (Phi) is 5.95. The number of carbonyl (C=O) groups is 3. The van der Waals surface area contributed by atoms with E-state index in [1.54, 1.807) is 24.3 Å². The van der Waals surface area contributed by atoms with Crippen LogP contribution in [-0.4, -0.2) is 33.4 Å². The van der Waals surface area contributed by atoms with Crippen molar-refractivity contribution in [2.24, 2.45) is 0 Å². The fourth-order valence-corrected chi connectivity index (χ4v) is 4.83. The molecule has 1 aliphatic heterocycles. The van der Waals surface area contributed by atoms with E-state index in [1.807, 2.05) is 24.5 Å². The summed E-state index contributed by atoms with van der Waals surface area (Å²) in [7, 11) is 0. The smallest absolute Gasteiger partial charge is 0.316 e. The molecule has 2 fully saturated rings. The molecule has 1 aliphatic carbocycles. The second-order valence-electron chi connectivity index (χ2n) is 8.04. The third-order valence-electron chi connectivity index (χ3n) is 5.99. The SMILES string of the molecule is Cc1cc(C=C2C(=O)NC(=O)N(C3CCCCC3)C2=O)c(C)n1-c1cc(Cl)ccc1Cl. The van der Waals surface area contributed by atoms with Crippen LogP contribution in [0.2, 0.25) is 10.0 Å². The topological polar surface area (TPSA) is 71.4 Å². The lowest BCUT2D eigenvalue weighted by atomic mass is 9.93. The number of rotatable bonds is 3. The van der Waals surface area contributed by atoms with Crippen LogP contribution in [0.3, 0.4) is 0 Å². The van der Waals surface area contributed by atoms with Gasteiger partial charge in [-0.2, -0.15) is 0 Å². The predicted molar refractivity (Wildman–Crippen MR) is 120 cm³/mol. The lowest BCUT2D eigenvalue weighted by Gasteiger charge is -2.35. The van der Waals surface area contributed by atoms with Gasteiger partial charge in [0.1, 0.15) is 5.57 Å². The number of nitrogens with one attached hydrogen (secondary N) is 1. The Morgan fingerprint density at radius 2 is 1.74 bits per heavy atom. The monoisotopic (exact) mass is 459 g/mol. The van der Waals surface area contributed by atoms with Gasteiger partial charge in [-0.3, -0.25) is 19.8 Å². The number of aromatic nitrogens is 1. The molecule has 162 valence electrons. The first-order valence-electron chi connectivity index (χ1n) is 10.3. The summed E-state index contributed by atoms with van der Waals surface area (Å²) in [6.07, 6.45) is 6.12. The maximum atomic E-state index is 13.2. The highest BCUT2D eigenvalue weighted by atomic mass is 35.5. The highest BCUT2D eigenvalue weighted by Crippen LogP contribution is 2.31. The highest BCUT2D eigenvalue weighted by molar-refractivity contribution is 6.34. The van der Waals surface area contributed by atoms with Crippen LogP contribution in [-0.2, 0) is 9.59 Å². The molecule has 31 heavy (non-hydrogen) atoms. The molecule has 1 saturated heterocycles. The highest BCUT2D eigenvalue weighted by Gasteiger charge is 2.40. The van der Waals surface area contributed by atoms with E-state index in [0.29, 0.717) is 21.3 Å². The number of carbonyl (C=O) groups excluding carboxylic acids is 3. The van der Waals surface area contributed by atoms with Crippen LogP contribution in [0.25, 0.3) is 11.8 Å². The van der Waals surface area contributed by atoms with Crippen molar-refractivity contribution in [2.45, 2.75) is 52.0 Å². The molecule has 8 heteroatoms. The molecule has 1 saturated carbocycles. The van der Waals surface area contributed by atoms with E-state index in [-0.39, 0.29) is 11.6 Å². The van der Waals surface area contributed by atoms with Crippen molar-refractivity contribution >= 4 is 47.1 Å². The first-order valence-corrected chi connectivity index (χ1v) is 11.1. The van der Waals surface area contributed by atoms with Crippen LogP contribution in [0.15, 0.2) is 29.8 Å². The molecule has 1 aromatic heterocycles. The van der Waals surface area contributed by atoms with Crippen LogP contribution in [0.5, 0.6) is 0 Å². The number of imide groups is 2. The van der Waals surface area contributed by atoms with Gasteiger partial charge in [0, 0.05) is 22.5 Å². The van der Waals surface area contributed by atoms with E-state index in [4.69, 9.17) is 23.2 Å². The summed E-state index contributed by atoms with van der Waals surface area (Å²) < 4.78 is 1.93. The molecule has 1 aromatic carbocycles. The minimum absolute atomic E-state index is 0.0392. The molecular formula is C23H23Cl2N3O3. The Morgan fingerprint density at radius 1 is 1.03 bits per heavy atom. The zero-order valence-corrected chi connectivity index (χ0v) is 18.9. The van der Waals surface area contributed by atoms with E-state index in [9.17, 15) is 14.4 Å². The number of nitrogens with zero attached hydrogens (tertiary/aromatic N) is 2. The number of hydrogen-bond donors (Lipinski definition) is 1. The molecule has 4 rings (SSSR count). The van der Waals surface area contributed by atoms with Gasteiger partial charge in [-0.1, -0.05) is 42.5 Å². The van der Waals surface area contributed by atoms with Gasteiger partial charge in [-0.05, 0) is 62.6 Å². The molecule has 2 aromatic rings. The van der Waals surface area contributed by atoms with E-state index < -0.39 is 17.8 Å². The molecule has 2 aliphatic rings. The summed E-state index contributed by atoms with van der Waals surface area (Å²) in [5.41, 5.74) is 3.05. The number of barbiturate groups is 1. The minimum atomic E-state index is -0.673.